The molecule has 0 unspecified atom stereocenters. The van der Waals surface area contributed by atoms with Crippen molar-refractivity contribution in [3.63, 3.8) is 0 Å². The summed E-state index contributed by atoms with van der Waals surface area (Å²) in [6.45, 7) is 0.396. The van der Waals surface area contributed by atoms with Gasteiger partial charge in [-0.05, 0) is 18.9 Å². The van der Waals surface area contributed by atoms with Crippen LogP contribution in [0.5, 0.6) is 0 Å². The Morgan fingerprint density at radius 1 is 1.48 bits per heavy atom. The second kappa shape index (κ2) is 5.39. The number of amides is 1. The number of carbonyl (C=O) groups excluding carboxylic acids is 1. The second-order valence-corrected chi connectivity index (χ2v) is 4.95. The van der Waals surface area contributed by atoms with E-state index in [4.69, 9.17) is 4.42 Å². The minimum Gasteiger partial charge on any atom is -0.423 e. The van der Waals surface area contributed by atoms with Gasteiger partial charge in [-0.3, -0.25) is 14.9 Å². The van der Waals surface area contributed by atoms with Crippen LogP contribution in [0.2, 0.25) is 0 Å². The number of benzene rings is 1. The normalized spacial score (nSPS) is 14.1. The summed E-state index contributed by atoms with van der Waals surface area (Å²) in [4.78, 5) is 25.8. The molecule has 0 atom stereocenters. The maximum absolute atomic E-state index is 11.5. The highest BCUT2D eigenvalue weighted by Gasteiger charge is 2.22. The van der Waals surface area contributed by atoms with Crippen LogP contribution in [0.4, 0.5) is 11.7 Å². The monoisotopic (exact) mass is 290 g/mol. The first-order valence-corrected chi connectivity index (χ1v) is 6.70. The molecule has 0 radical (unpaired) electrons. The van der Waals surface area contributed by atoms with Crippen molar-refractivity contribution >= 4 is 28.7 Å². The van der Waals surface area contributed by atoms with Crippen molar-refractivity contribution in [1.29, 1.82) is 0 Å². The highest BCUT2D eigenvalue weighted by atomic mass is 16.6. The molecular formula is C13H14N4O4. The fourth-order valence-electron chi connectivity index (χ4n) is 1.91. The van der Waals surface area contributed by atoms with Crippen LogP contribution in [0.3, 0.4) is 0 Å². The molecule has 110 valence electrons. The highest BCUT2D eigenvalue weighted by Crippen LogP contribution is 2.23. The van der Waals surface area contributed by atoms with E-state index in [0.717, 1.165) is 12.8 Å². The molecule has 0 spiro atoms. The van der Waals surface area contributed by atoms with E-state index in [1.54, 1.807) is 0 Å². The third-order valence-corrected chi connectivity index (χ3v) is 3.15. The largest absolute Gasteiger partial charge is 0.423 e. The number of nitro benzene ring substituents is 1. The molecule has 0 aliphatic heterocycles. The Hall–Kier alpha value is -2.64. The summed E-state index contributed by atoms with van der Waals surface area (Å²) in [5, 5.41) is 16.5. The number of anilines is 1. The molecule has 1 amide bonds. The molecule has 1 aromatic carbocycles. The molecule has 21 heavy (non-hydrogen) atoms. The van der Waals surface area contributed by atoms with Crippen LogP contribution in [-0.2, 0) is 4.79 Å². The van der Waals surface area contributed by atoms with E-state index in [1.807, 2.05) is 0 Å². The fourth-order valence-corrected chi connectivity index (χ4v) is 1.91. The van der Waals surface area contributed by atoms with Gasteiger partial charge in [0.15, 0.2) is 5.58 Å². The SMILES string of the molecule is O=C(CCNc1nc2ccc([N+](=O)[O-])cc2o1)NC1CC1. The van der Waals surface area contributed by atoms with Crippen molar-refractivity contribution in [3.8, 4) is 0 Å². The summed E-state index contributed by atoms with van der Waals surface area (Å²) in [7, 11) is 0. The van der Waals surface area contributed by atoms with Gasteiger partial charge in [-0.25, -0.2) is 0 Å². The Kier molecular flexibility index (Phi) is 3.43. The summed E-state index contributed by atoms with van der Waals surface area (Å²) in [5.41, 5.74) is 0.827. The number of nitrogens with zero attached hydrogens (tertiary/aromatic N) is 2. The van der Waals surface area contributed by atoms with Crippen molar-refractivity contribution < 1.29 is 14.1 Å². The molecular weight excluding hydrogens is 276 g/mol. The van der Waals surface area contributed by atoms with Gasteiger partial charge in [0.25, 0.3) is 11.7 Å². The number of nitro groups is 1. The Labute approximate surface area is 119 Å². The van der Waals surface area contributed by atoms with Crippen molar-refractivity contribution in [3.05, 3.63) is 28.3 Å². The van der Waals surface area contributed by atoms with Crippen LogP contribution in [0.15, 0.2) is 22.6 Å². The summed E-state index contributed by atoms with van der Waals surface area (Å²) >= 11 is 0. The summed E-state index contributed by atoms with van der Waals surface area (Å²) in [5.74, 6) is -0.00301. The zero-order valence-electron chi connectivity index (χ0n) is 11.2. The molecule has 1 aromatic heterocycles. The maximum Gasteiger partial charge on any atom is 0.295 e. The van der Waals surface area contributed by atoms with Gasteiger partial charge in [0.1, 0.15) is 5.52 Å². The van der Waals surface area contributed by atoms with Gasteiger partial charge in [-0.2, -0.15) is 4.98 Å². The van der Waals surface area contributed by atoms with E-state index in [0.29, 0.717) is 30.1 Å². The fraction of sp³-hybridized carbons (Fsp3) is 0.385. The lowest BCUT2D eigenvalue weighted by molar-refractivity contribution is -0.384. The Morgan fingerprint density at radius 2 is 2.29 bits per heavy atom. The predicted molar refractivity (Wildman–Crippen MR) is 74.9 cm³/mol. The summed E-state index contributed by atoms with van der Waals surface area (Å²) < 4.78 is 5.38. The number of nitrogens with one attached hydrogen (secondary N) is 2. The van der Waals surface area contributed by atoms with Gasteiger partial charge < -0.3 is 15.1 Å². The molecule has 1 heterocycles. The molecule has 0 bridgehead atoms. The third-order valence-electron chi connectivity index (χ3n) is 3.15. The highest BCUT2D eigenvalue weighted by molar-refractivity contribution is 5.78. The number of carbonyl (C=O) groups is 1. The molecule has 1 saturated carbocycles. The zero-order valence-corrected chi connectivity index (χ0v) is 11.2. The van der Waals surface area contributed by atoms with Crippen molar-refractivity contribution in [1.82, 2.24) is 10.3 Å². The molecule has 0 saturated heterocycles. The van der Waals surface area contributed by atoms with E-state index in [-0.39, 0.29) is 17.6 Å². The molecule has 1 aliphatic rings. The molecule has 1 aliphatic carbocycles. The van der Waals surface area contributed by atoms with Gasteiger partial charge in [0.2, 0.25) is 5.91 Å². The number of rotatable bonds is 6. The number of oxazole rings is 1. The Bertz CT molecular complexity index is 693. The molecule has 3 rings (SSSR count). The van der Waals surface area contributed by atoms with Gasteiger partial charge in [0, 0.05) is 25.1 Å². The summed E-state index contributed by atoms with van der Waals surface area (Å²) in [6.07, 6.45) is 2.45. The lowest BCUT2D eigenvalue weighted by atomic mass is 10.3. The lowest BCUT2D eigenvalue weighted by Gasteiger charge is -2.03. The first-order valence-electron chi connectivity index (χ1n) is 6.70. The lowest BCUT2D eigenvalue weighted by Crippen LogP contribution is -2.27. The maximum atomic E-state index is 11.5. The number of hydrogen-bond acceptors (Lipinski definition) is 6. The smallest absolute Gasteiger partial charge is 0.295 e. The van der Waals surface area contributed by atoms with Crippen LogP contribution >= 0.6 is 0 Å². The molecule has 1 fully saturated rings. The third kappa shape index (κ3) is 3.28. The predicted octanol–water partition coefficient (Wildman–Crippen LogP) is 1.82. The average Bonchev–Trinajstić information content (AvgIpc) is 3.15. The molecule has 8 nitrogen and oxygen atoms in total. The quantitative estimate of drug-likeness (QED) is 0.620. The number of aromatic nitrogens is 1. The average molecular weight is 290 g/mol. The van der Waals surface area contributed by atoms with E-state index in [2.05, 4.69) is 15.6 Å². The van der Waals surface area contributed by atoms with Crippen molar-refractivity contribution in [2.24, 2.45) is 0 Å². The van der Waals surface area contributed by atoms with Gasteiger partial charge in [-0.1, -0.05) is 0 Å². The topological polar surface area (TPSA) is 110 Å². The molecule has 2 aromatic rings. The summed E-state index contributed by atoms with van der Waals surface area (Å²) in [6, 6.07) is 4.83. The van der Waals surface area contributed by atoms with E-state index in [9.17, 15) is 14.9 Å². The van der Waals surface area contributed by atoms with Gasteiger partial charge >= 0.3 is 0 Å². The van der Waals surface area contributed by atoms with Gasteiger partial charge in [-0.15, -0.1) is 0 Å². The number of non-ortho nitro benzene ring substituents is 1. The minimum atomic E-state index is -0.489. The van der Waals surface area contributed by atoms with Gasteiger partial charge in [0.05, 0.1) is 11.0 Å². The number of fused-ring (bicyclic) bond motifs is 1. The standard InChI is InChI=1S/C13H14N4O4/c18-12(15-8-1-2-8)5-6-14-13-16-10-4-3-9(17(19)20)7-11(10)21-13/h3-4,7-8H,1-2,5-6H2,(H,14,16)(H,15,18). The van der Waals surface area contributed by atoms with E-state index >= 15 is 0 Å². The first kappa shape index (κ1) is 13.3. The van der Waals surface area contributed by atoms with Crippen LogP contribution in [0.25, 0.3) is 11.1 Å². The first-order chi connectivity index (χ1) is 10.1. The number of hydrogen-bond donors (Lipinski definition) is 2. The second-order valence-electron chi connectivity index (χ2n) is 4.95. The Morgan fingerprint density at radius 3 is 3.00 bits per heavy atom. The van der Waals surface area contributed by atoms with Crippen molar-refractivity contribution in [2.75, 3.05) is 11.9 Å². The molecule has 2 N–H and O–H groups in total. The minimum absolute atomic E-state index is 0.00301. The Balaban J connectivity index is 1.58. The van der Waals surface area contributed by atoms with Crippen molar-refractivity contribution in [2.45, 2.75) is 25.3 Å². The zero-order chi connectivity index (χ0) is 14.8. The van der Waals surface area contributed by atoms with Crippen LogP contribution in [0.1, 0.15) is 19.3 Å². The van der Waals surface area contributed by atoms with E-state index in [1.165, 1.54) is 18.2 Å². The van der Waals surface area contributed by atoms with Crippen LogP contribution in [-0.4, -0.2) is 28.4 Å². The van der Waals surface area contributed by atoms with Crippen LogP contribution < -0.4 is 10.6 Å². The molecule has 8 heteroatoms. The van der Waals surface area contributed by atoms with Crippen LogP contribution in [0, 0.1) is 10.1 Å². The van der Waals surface area contributed by atoms with E-state index < -0.39 is 4.92 Å².